The summed E-state index contributed by atoms with van der Waals surface area (Å²) < 4.78 is 3.42. The molecule has 2 aromatic heterocycles. The van der Waals surface area contributed by atoms with E-state index in [1.807, 2.05) is 12.1 Å². The number of nitrogens with zero attached hydrogens (tertiary/aromatic N) is 2. The second-order valence-electron chi connectivity index (χ2n) is 7.63. The van der Waals surface area contributed by atoms with Crippen molar-refractivity contribution >= 4 is 47.6 Å². The summed E-state index contributed by atoms with van der Waals surface area (Å²) in [6.07, 6.45) is 0. The quantitative estimate of drug-likeness (QED) is 0.247. The number of rotatable bonds is 3. The highest BCUT2D eigenvalue weighted by molar-refractivity contribution is 9.10. The molecular weight excluding hydrogens is 476 g/mol. The Balaban J connectivity index is 1.60. The summed E-state index contributed by atoms with van der Waals surface area (Å²) in [6.45, 7) is 0. The zero-order valence-electron chi connectivity index (χ0n) is 17.0. The maximum Gasteiger partial charge on any atom is 0.160 e. The molecule has 2 nitrogen and oxygen atoms in total. The number of halogens is 1. The van der Waals surface area contributed by atoms with E-state index in [2.05, 4.69) is 107 Å². The molecule has 6 aromatic rings. The lowest BCUT2D eigenvalue weighted by atomic mass is 10.0. The van der Waals surface area contributed by atoms with Crippen molar-refractivity contribution in [2.45, 2.75) is 0 Å². The van der Waals surface area contributed by atoms with Crippen LogP contribution in [0.1, 0.15) is 0 Å². The van der Waals surface area contributed by atoms with Gasteiger partial charge >= 0.3 is 0 Å². The Morgan fingerprint density at radius 2 is 1.28 bits per heavy atom. The van der Waals surface area contributed by atoms with E-state index >= 15 is 0 Å². The summed E-state index contributed by atoms with van der Waals surface area (Å²) in [7, 11) is 0. The van der Waals surface area contributed by atoms with E-state index in [-0.39, 0.29) is 0 Å². The van der Waals surface area contributed by atoms with E-state index in [4.69, 9.17) is 9.97 Å². The van der Waals surface area contributed by atoms with Gasteiger partial charge in [-0.1, -0.05) is 94.8 Å². The molecule has 4 aromatic carbocycles. The molecule has 0 N–H and O–H groups in total. The molecule has 32 heavy (non-hydrogen) atoms. The fraction of sp³-hybridized carbons (Fsp3) is 0. The molecule has 0 unspecified atom stereocenters. The highest BCUT2D eigenvalue weighted by atomic mass is 79.9. The van der Waals surface area contributed by atoms with Crippen LogP contribution < -0.4 is 0 Å². The van der Waals surface area contributed by atoms with Crippen LogP contribution in [-0.2, 0) is 0 Å². The maximum atomic E-state index is 5.08. The number of thiophene rings is 1. The highest BCUT2D eigenvalue weighted by Gasteiger charge is 2.16. The molecule has 0 fully saturated rings. The number of hydrogen-bond donors (Lipinski definition) is 0. The second-order valence-corrected chi connectivity index (χ2v) is 9.60. The van der Waals surface area contributed by atoms with Gasteiger partial charge in [0.2, 0.25) is 0 Å². The van der Waals surface area contributed by atoms with Gasteiger partial charge in [-0.15, -0.1) is 11.3 Å². The van der Waals surface area contributed by atoms with Crippen LogP contribution in [0.3, 0.4) is 0 Å². The predicted octanol–water partition coefficient (Wildman–Crippen LogP) is 8.61. The first-order valence-corrected chi connectivity index (χ1v) is 12.0. The second kappa shape index (κ2) is 7.97. The van der Waals surface area contributed by atoms with E-state index in [9.17, 15) is 0 Å². The van der Waals surface area contributed by atoms with Crippen LogP contribution in [0.15, 0.2) is 108 Å². The van der Waals surface area contributed by atoms with Gasteiger partial charge in [-0.25, -0.2) is 9.97 Å². The third-order valence-corrected chi connectivity index (χ3v) is 7.21. The Kier molecular flexibility index (Phi) is 4.82. The molecule has 0 aliphatic heterocycles. The van der Waals surface area contributed by atoms with E-state index in [0.717, 1.165) is 48.5 Å². The van der Waals surface area contributed by atoms with E-state index in [1.54, 1.807) is 11.3 Å². The monoisotopic (exact) mass is 492 g/mol. The van der Waals surface area contributed by atoms with Crippen molar-refractivity contribution in [3.05, 3.63) is 108 Å². The minimum Gasteiger partial charge on any atom is -0.226 e. The molecule has 152 valence electrons. The van der Waals surface area contributed by atoms with Crippen molar-refractivity contribution in [3.63, 3.8) is 0 Å². The third kappa shape index (κ3) is 3.42. The van der Waals surface area contributed by atoms with Gasteiger partial charge in [-0.3, -0.25) is 0 Å². The van der Waals surface area contributed by atoms with Crippen LogP contribution in [0.5, 0.6) is 0 Å². The van der Waals surface area contributed by atoms with Crippen LogP contribution in [0, 0.1) is 0 Å². The zero-order chi connectivity index (χ0) is 21.5. The Morgan fingerprint density at radius 3 is 2.12 bits per heavy atom. The maximum absolute atomic E-state index is 5.08. The van der Waals surface area contributed by atoms with Crippen molar-refractivity contribution in [3.8, 4) is 33.8 Å². The Morgan fingerprint density at radius 1 is 0.594 bits per heavy atom. The van der Waals surface area contributed by atoms with Gasteiger partial charge in [0.15, 0.2) is 5.82 Å². The topological polar surface area (TPSA) is 25.8 Å². The predicted molar refractivity (Wildman–Crippen MR) is 139 cm³/mol. The van der Waals surface area contributed by atoms with Crippen molar-refractivity contribution in [1.82, 2.24) is 9.97 Å². The Bertz CT molecular complexity index is 1590. The molecule has 0 spiro atoms. The number of benzene rings is 4. The SMILES string of the molecule is Brc1cccc(-c2cccc(-c3nc(-c4ccccc4)c4sc5ccccc5c4n3)c2)c1. The number of aromatic nitrogens is 2. The minimum absolute atomic E-state index is 0.747. The van der Waals surface area contributed by atoms with Crippen molar-refractivity contribution < 1.29 is 0 Å². The first-order valence-electron chi connectivity index (χ1n) is 10.4. The number of fused-ring (bicyclic) bond motifs is 3. The van der Waals surface area contributed by atoms with E-state index in [1.165, 1.54) is 10.1 Å². The van der Waals surface area contributed by atoms with Gasteiger partial charge in [0.1, 0.15) is 0 Å². The number of hydrogen-bond acceptors (Lipinski definition) is 3. The van der Waals surface area contributed by atoms with Gasteiger partial charge in [0, 0.05) is 25.7 Å². The lowest BCUT2D eigenvalue weighted by Crippen LogP contribution is -1.93. The standard InChI is InChI=1S/C28H17BrN2S/c29-22-13-7-11-20(17-22)19-10-6-12-21(16-19)28-30-25(18-8-2-1-3-9-18)27-26(31-28)23-14-4-5-15-24(23)32-27/h1-17H. The summed E-state index contributed by atoms with van der Waals surface area (Å²) in [6, 6.07) is 35.7. The van der Waals surface area contributed by atoms with Crippen LogP contribution in [0.2, 0.25) is 0 Å². The van der Waals surface area contributed by atoms with E-state index in [0.29, 0.717) is 0 Å². The van der Waals surface area contributed by atoms with Crippen LogP contribution in [0.25, 0.3) is 54.1 Å². The van der Waals surface area contributed by atoms with Gasteiger partial charge in [-0.2, -0.15) is 0 Å². The molecule has 0 bridgehead atoms. The average molecular weight is 493 g/mol. The van der Waals surface area contributed by atoms with Crippen molar-refractivity contribution in [2.75, 3.05) is 0 Å². The zero-order valence-corrected chi connectivity index (χ0v) is 19.4. The normalized spacial score (nSPS) is 11.3. The highest BCUT2D eigenvalue weighted by Crippen LogP contribution is 2.39. The molecule has 2 heterocycles. The molecule has 0 aliphatic rings. The summed E-state index contributed by atoms with van der Waals surface area (Å²) in [4.78, 5) is 10.1. The molecule has 0 saturated heterocycles. The van der Waals surface area contributed by atoms with Crippen LogP contribution >= 0.6 is 27.3 Å². The van der Waals surface area contributed by atoms with E-state index < -0.39 is 0 Å². The molecular formula is C28H17BrN2S. The van der Waals surface area contributed by atoms with Crippen molar-refractivity contribution in [1.29, 1.82) is 0 Å². The lowest BCUT2D eigenvalue weighted by molar-refractivity contribution is 1.24. The molecule has 0 radical (unpaired) electrons. The molecule has 0 amide bonds. The Hall–Kier alpha value is -3.34. The molecule has 0 atom stereocenters. The molecule has 0 saturated carbocycles. The summed E-state index contributed by atoms with van der Waals surface area (Å²) in [5.41, 5.74) is 6.42. The van der Waals surface area contributed by atoms with Crippen molar-refractivity contribution in [2.24, 2.45) is 0 Å². The fourth-order valence-corrected chi connectivity index (χ4v) is 5.57. The third-order valence-electron chi connectivity index (χ3n) is 5.55. The summed E-state index contributed by atoms with van der Waals surface area (Å²) in [5.74, 6) is 0.747. The van der Waals surface area contributed by atoms with Gasteiger partial charge in [-0.05, 0) is 35.4 Å². The molecule has 0 aliphatic carbocycles. The van der Waals surface area contributed by atoms with Crippen LogP contribution in [-0.4, -0.2) is 9.97 Å². The van der Waals surface area contributed by atoms with Crippen LogP contribution in [0.4, 0.5) is 0 Å². The summed E-state index contributed by atoms with van der Waals surface area (Å²) in [5, 5.41) is 1.18. The largest absolute Gasteiger partial charge is 0.226 e. The molecule has 6 rings (SSSR count). The first kappa shape index (κ1) is 19.4. The average Bonchev–Trinajstić information content (AvgIpc) is 3.23. The first-order chi connectivity index (χ1) is 15.8. The molecule has 4 heteroatoms. The van der Waals surface area contributed by atoms with Gasteiger partial charge in [0.25, 0.3) is 0 Å². The van der Waals surface area contributed by atoms with Gasteiger partial charge in [0.05, 0.1) is 15.9 Å². The summed E-state index contributed by atoms with van der Waals surface area (Å²) >= 11 is 5.34. The minimum atomic E-state index is 0.747. The lowest BCUT2D eigenvalue weighted by Gasteiger charge is -2.09. The fourth-order valence-electron chi connectivity index (χ4n) is 4.02. The smallest absolute Gasteiger partial charge is 0.160 e. The van der Waals surface area contributed by atoms with Gasteiger partial charge < -0.3 is 0 Å². The Labute approximate surface area is 198 Å².